The molecule has 1 N–H and O–H groups in total. The lowest BCUT2D eigenvalue weighted by Crippen LogP contribution is -2.62. The molecule has 2 unspecified atom stereocenters. The summed E-state index contributed by atoms with van der Waals surface area (Å²) in [6, 6.07) is 17.9. The second-order valence-corrected chi connectivity index (χ2v) is 9.80. The molecule has 0 bridgehead atoms. The summed E-state index contributed by atoms with van der Waals surface area (Å²) in [4.78, 5) is 44.6. The van der Waals surface area contributed by atoms with Gasteiger partial charge >= 0.3 is 0 Å². The number of amides is 3. The highest BCUT2D eigenvalue weighted by molar-refractivity contribution is 6.10. The van der Waals surface area contributed by atoms with Gasteiger partial charge in [-0.3, -0.25) is 24.2 Å². The van der Waals surface area contributed by atoms with Gasteiger partial charge in [0.15, 0.2) is 0 Å². The molecule has 3 heterocycles. The van der Waals surface area contributed by atoms with Crippen molar-refractivity contribution in [2.24, 2.45) is 0 Å². The summed E-state index contributed by atoms with van der Waals surface area (Å²) in [5.74, 6) is 0.0178. The molecular weight excluding hydrogens is 428 g/mol. The Kier molecular flexibility index (Phi) is 6.13. The van der Waals surface area contributed by atoms with E-state index >= 15 is 0 Å². The van der Waals surface area contributed by atoms with Crippen molar-refractivity contribution in [3.8, 4) is 0 Å². The van der Waals surface area contributed by atoms with Crippen molar-refractivity contribution in [3.63, 3.8) is 0 Å². The fourth-order valence-electron chi connectivity index (χ4n) is 5.67. The zero-order valence-electron chi connectivity index (χ0n) is 19.7. The van der Waals surface area contributed by atoms with E-state index in [4.69, 9.17) is 0 Å². The first kappa shape index (κ1) is 22.6. The second-order valence-electron chi connectivity index (χ2n) is 9.80. The van der Waals surface area contributed by atoms with E-state index < -0.39 is 5.66 Å². The van der Waals surface area contributed by atoms with Gasteiger partial charge in [-0.1, -0.05) is 42.5 Å². The molecule has 7 heteroatoms. The number of benzene rings is 2. The molecule has 7 nitrogen and oxygen atoms in total. The van der Waals surface area contributed by atoms with Gasteiger partial charge in [0.25, 0.3) is 5.91 Å². The van der Waals surface area contributed by atoms with Crippen molar-refractivity contribution in [2.45, 2.75) is 57.3 Å². The number of nitrogens with one attached hydrogen (secondary N) is 1. The van der Waals surface area contributed by atoms with Crippen molar-refractivity contribution in [2.75, 3.05) is 24.5 Å². The molecule has 0 saturated carbocycles. The minimum Gasteiger partial charge on any atom is -0.352 e. The molecule has 2 aromatic rings. The number of carbonyl (C=O) groups excluding carboxylic acids is 3. The van der Waals surface area contributed by atoms with Crippen LogP contribution in [-0.2, 0) is 16.1 Å². The summed E-state index contributed by atoms with van der Waals surface area (Å²) in [5.41, 5.74) is 1.88. The van der Waals surface area contributed by atoms with Crippen LogP contribution in [0.25, 0.3) is 0 Å². The summed E-state index contributed by atoms with van der Waals surface area (Å²) in [7, 11) is 0. The molecule has 2 aromatic carbocycles. The molecule has 2 atom stereocenters. The monoisotopic (exact) mass is 460 g/mol. The molecule has 3 amide bonds. The van der Waals surface area contributed by atoms with E-state index in [-0.39, 0.29) is 23.8 Å². The Hall–Kier alpha value is -3.19. The Labute approximate surface area is 200 Å². The van der Waals surface area contributed by atoms with Crippen LogP contribution in [0.15, 0.2) is 54.6 Å². The van der Waals surface area contributed by atoms with Crippen molar-refractivity contribution >= 4 is 23.4 Å². The van der Waals surface area contributed by atoms with Crippen LogP contribution in [0.5, 0.6) is 0 Å². The molecule has 2 fully saturated rings. The van der Waals surface area contributed by atoms with Gasteiger partial charge in [0, 0.05) is 45.1 Å². The van der Waals surface area contributed by atoms with Crippen LogP contribution in [0.2, 0.25) is 0 Å². The van der Waals surface area contributed by atoms with Crippen molar-refractivity contribution in [1.29, 1.82) is 0 Å². The number of likely N-dealkylation sites (tertiary alicyclic amines) is 1. The SMILES string of the molecule is CC12CCC(=O)N1c1ccccc1C(=O)N2CCCC(=O)NC1CCN(Cc2ccccc2)C1. The van der Waals surface area contributed by atoms with Crippen LogP contribution in [-0.4, -0.2) is 58.9 Å². The molecule has 0 spiro atoms. The molecule has 5 rings (SSSR count). The molecule has 3 aliphatic heterocycles. The lowest BCUT2D eigenvalue weighted by atomic mass is 9.98. The van der Waals surface area contributed by atoms with Gasteiger partial charge in [-0.25, -0.2) is 0 Å². The predicted octanol–water partition coefficient (Wildman–Crippen LogP) is 3.16. The normalized spacial score (nSPS) is 24.3. The molecule has 34 heavy (non-hydrogen) atoms. The molecule has 3 aliphatic rings. The number of para-hydroxylation sites is 1. The Morgan fingerprint density at radius 1 is 1.09 bits per heavy atom. The Bertz CT molecular complexity index is 1090. The van der Waals surface area contributed by atoms with Crippen LogP contribution < -0.4 is 10.2 Å². The molecule has 0 radical (unpaired) electrons. The van der Waals surface area contributed by atoms with Gasteiger partial charge in [-0.2, -0.15) is 0 Å². The largest absolute Gasteiger partial charge is 0.352 e. The van der Waals surface area contributed by atoms with E-state index in [0.717, 1.165) is 26.1 Å². The molecule has 0 aromatic heterocycles. The van der Waals surface area contributed by atoms with Crippen LogP contribution >= 0.6 is 0 Å². The van der Waals surface area contributed by atoms with Crippen molar-refractivity contribution in [3.05, 3.63) is 65.7 Å². The first-order chi connectivity index (χ1) is 16.5. The Morgan fingerprint density at radius 3 is 2.68 bits per heavy atom. The number of nitrogens with zero attached hydrogens (tertiary/aromatic N) is 3. The number of carbonyl (C=O) groups is 3. The predicted molar refractivity (Wildman–Crippen MR) is 130 cm³/mol. The van der Waals surface area contributed by atoms with E-state index in [1.807, 2.05) is 31.2 Å². The average Bonchev–Trinajstić information content (AvgIpc) is 3.40. The number of anilines is 1. The highest BCUT2D eigenvalue weighted by Gasteiger charge is 2.52. The number of hydrogen-bond donors (Lipinski definition) is 1. The fraction of sp³-hybridized carbons (Fsp3) is 0.444. The summed E-state index contributed by atoms with van der Waals surface area (Å²) < 4.78 is 0. The third kappa shape index (κ3) is 4.20. The number of fused-ring (bicyclic) bond motifs is 3. The van der Waals surface area contributed by atoms with Gasteiger partial charge in [0.1, 0.15) is 5.66 Å². The smallest absolute Gasteiger partial charge is 0.257 e. The summed E-state index contributed by atoms with van der Waals surface area (Å²) in [6.45, 7) is 5.15. The van der Waals surface area contributed by atoms with Gasteiger partial charge in [-0.05, 0) is 43.9 Å². The van der Waals surface area contributed by atoms with Gasteiger partial charge in [0.05, 0.1) is 11.3 Å². The summed E-state index contributed by atoms with van der Waals surface area (Å²) >= 11 is 0. The number of hydrogen-bond acceptors (Lipinski definition) is 4. The zero-order chi connectivity index (χ0) is 23.7. The summed E-state index contributed by atoms with van der Waals surface area (Å²) in [6.07, 6.45) is 2.92. The quantitative estimate of drug-likeness (QED) is 0.689. The Balaban J connectivity index is 1.15. The van der Waals surface area contributed by atoms with E-state index in [1.165, 1.54) is 5.56 Å². The maximum atomic E-state index is 13.3. The fourth-order valence-corrected chi connectivity index (χ4v) is 5.67. The lowest BCUT2D eigenvalue weighted by molar-refractivity contribution is -0.122. The van der Waals surface area contributed by atoms with E-state index in [9.17, 15) is 14.4 Å². The van der Waals surface area contributed by atoms with Crippen LogP contribution in [0.1, 0.15) is 54.9 Å². The van der Waals surface area contributed by atoms with Crippen LogP contribution in [0, 0.1) is 0 Å². The molecular formula is C27H32N4O3. The van der Waals surface area contributed by atoms with Crippen molar-refractivity contribution in [1.82, 2.24) is 15.1 Å². The minimum absolute atomic E-state index is 0.0286. The molecule has 0 aliphatic carbocycles. The maximum Gasteiger partial charge on any atom is 0.257 e. The third-order valence-corrected chi connectivity index (χ3v) is 7.42. The molecule has 178 valence electrons. The first-order valence-electron chi connectivity index (χ1n) is 12.3. The third-order valence-electron chi connectivity index (χ3n) is 7.42. The molecule has 2 saturated heterocycles. The van der Waals surface area contributed by atoms with Crippen LogP contribution in [0.4, 0.5) is 5.69 Å². The van der Waals surface area contributed by atoms with Gasteiger partial charge in [-0.15, -0.1) is 0 Å². The topological polar surface area (TPSA) is 73.0 Å². The second kappa shape index (κ2) is 9.22. The highest BCUT2D eigenvalue weighted by atomic mass is 16.2. The standard InChI is InChI=1S/C27H32N4O3/c1-27-15-13-25(33)31(27)23-11-6-5-10-22(23)26(34)30(27)16-7-12-24(32)28-21-14-17-29(19-21)18-20-8-3-2-4-9-20/h2-6,8-11,21H,7,12-19H2,1H3,(H,28,32). The zero-order valence-corrected chi connectivity index (χ0v) is 19.7. The van der Waals surface area contributed by atoms with E-state index in [2.05, 4.69) is 34.5 Å². The highest BCUT2D eigenvalue weighted by Crippen LogP contribution is 2.44. The average molecular weight is 461 g/mol. The van der Waals surface area contributed by atoms with Crippen molar-refractivity contribution < 1.29 is 14.4 Å². The lowest BCUT2D eigenvalue weighted by Gasteiger charge is -2.48. The number of rotatable bonds is 7. The van der Waals surface area contributed by atoms with E-state index in [0.29, 0.717) is 43.5 Å². The van der Waals surface area contributed by atoms with Gasteiger partial charge < -0.3 is 10.2 Å². The van der Waals surface area contributed by atoms with Gasteiger partial charge in [0.2, 0.25) is 11.8 Å². The first-order valence-corrected chi connectivity index (χ1v) is 12.3. The maximum absolute atomic E-state index is 13.3. The minimum atomic E-state index is -0.664. The van der Waals surface area contributed by atoms with E-state index in [1.54, 1.807) is 15.9 Å². The summed E-state index contributed by atoms with van der Waals surface area (Å²) in [5, 5.41) is 3.17. The Morgan fingerprint density at radius 2 is 1.85 bits per heavy atom. The van der Waals surface area contributed by atoms with Crippen LogP contribution in [0.3, 0.4) is 0 Å².